The van der Waals surface area contributed by atoms with Gasteiger partial charge in [0.15, 0.2) is 0 Å². The van der Waals surface area contributed by atoms with Gasteiger partial charge in [0.1, 0.15) is 0 Å². The highest BCUT2D eigenvalue weighted by Gasteiger charge is 2.17. The molecule has 0 heterocycles. The topological polar surface area (TPSA) is 29.1 Å². The Kier molecular flexibility index (Phi) is 4.78. The van der Waals surface area contributed by atoms with Crippen molar-refractivity contribution in [2.24, 2.45) is 5.92 Å². The predicted molar refractivity (Wildman–Crippen MR) is 84.6 cm³/mol. The lowest BCUT2D eigenvalue weighted by Gasteiger charge is -2.19. The molecular formula is C18H23NO. The van der Waals surface area contributed by atoms with E-state index in [1.54, 1.807) is 0 Å². The average molecular weight is 269 g/mol. The van der Waals surface area contributed by atoms with Crippen molar-refractivity contribution >= 4 is 16.7 Å². The number of hydrogen-bond acceptors (Lipinski definition) is 1. The maximum atomic E-state index is 12.1. The number of rotatable bonds is 5. The third-order valence-electron chi connectivity index (χ3n) is 3.99. The summed E-state index contributed by atoms with van der Waals surface area (Å²) in [6.07, 6.45) is 1.79. The molecular weight excluding hydrogens is 246 g/mol. The molecule has 2 heteroatoms. The Morgan fingerprint density at radius 1 is 1.05 bits per heavy atom. The van der Waals surface area contributed by atoms with E-state index >= 15 is 0 Å². The zero-order chi connectivity index (χ0) is 14.5. The second-order valence-corrected chi connectivity index (χ2v) is 5.35. The molecule has 0 radical (unpaired) electrons. The van der Waals surface area contributed by atoms with Crippen LogP contribution in [0.1, 0.15) is 45.2 Å². The summed E-state index contributed by atoms with van der Waals surface area (Å²) < 4.78 is 0. The van der Waals surface area contributed by atoms with Gasteiger partial charge in [-0.2, -0.15) is 0 Å². The summed E-state index contributed by atoms with van der Waals surface area (Å²) in [7, 11) is 0. The minimum Gasteiger partial charge on any atom is -0.349 e. The first kappa shape index (κ1) is 14.6. The Balaban J connectivity index is 2.14. The Morgan fingerprint density at radius 3 is 2.35 bits per heavy atom. The molecule has 0 aliphatic carbocycles. The molecule has 0 fully saturated rings. The largest absolute Gasteiger partial charge is 0.349 e. The van der Waals surface area contributed by atoms with Gasteiger partial charge in [-0.1, -0.05) is 50.2 Å². The van der Waals surface area contributed by atoms with Gasteiger partial charge in [0.25, 0.3) is 0 Å². The van der Waals surface area contributed by atoms with Crippen LogP contribution >= 0.6 is 0 Å². The highest BCUT2D eigenvalue weighted by atomic mass is 16.1. The van der Waals surface area contributed by atoms with Crippen molar-refractivity contribution in [1.82, 2.24) is 5.32 Å². The normalized spacial score (nSPS) is 12.6. The van der Waals surface area contributed by atoms with Crippen LogP contribution in [0.25, 0.3) is 10.8 Å². The minimum atomic E-state index is 0.0488. The molecule has 20 heavy (non-hydrogen) atoms. The molecule has 0 saturated carbocycles. The Morgan fingerprint density at radius 2 is 1.70 bits per heavy atom. The van der Waals surface area contributed by atoms with Crippen LogP contribution in [0.4, 0.5) is 0 Å². The maximum Gasteiger partial charge on any atom is 0.223 e. The number of carbonyl (C=O) groups excluding carboxylic acids is 1. The lowest BCUT2D eigenvalue weighted by molar-refractivity contribution is -0.125. The number of nitrogens with one attached hydrogen (secondary N) is 1. The van der Waals surface area contributed by atoms with Gasteiger partial charge in [0.05, 0.1) is 6.04 Å². The second kappa shape index (κ2) is 6.56. The van der Waals surface area contributed by atoms with E-state index in [1.807, 2.05) is 19.1 Å². The molecule has 1 N–H and O–H groups in total. The highest BCUT2D eigenvalue weighted by molar-refractivity contribution is 5.83. The Labute approximate surface area is 121 Å². The minimum absolute atomic E-state index is 0.0488. The lowest BCUT2D eigenvalue weighted by atomic mass is 10.00. The second-order valence-electron chi connectivity index (χ2n) is 5.35. The van der Waals surface area contributed by atoms with E-state index in [0.717, 1.165) is 18.4 Å². The smallest absolute Gasteiger partial charge is 0.223 e. The van der Waals surface area contributed by atoms with Crippen molar-refractivity contribution in [3.05, 3.63) is 48.0 Å². The SMILES string of the molecule is CCC(CC)C(=O)NC(C)c1ccc2ccccc2c1. The number of hydrogen-bond donors (Lipinski definition) is 1. The fourth-order valence-electron chi connectivity index (χ4n) is 2.55. The summed E-state index contributed by atoms with van der Waals surface area (Å²) in [5.41, 5.74) is 1.16. The molecule has 1 atom stereocenters. The molecule has 2 nitrogen and oxygen atoms in total. The van der Waals surface area contributed by atoms with Crippen LogP contribution in [-0.2, 0) is 4.79 Å². The predicted octanol–water partition coefficient (Wildman–Crippen LogP) is 4.45. The molecule has 1 amide bonds. The van der Waals surface area contributed by atoms with Crippen LogP contribution in [-0.4, -0.2) is 5.91 Å². The van der Waals surface area contributed by atoms with E-state index in [4.69, 9.17) is 0 Å². The zero-order valence-corrected chi connectivity index (χ0v) is 12.5. The van der Waals surface area contributed by atoms with Gasteiger partial charge < -0.3 is 5.32 Å². The highest BCUT2D eigenvalue weighted by Crippen LogP contribution is 2.21. The van der Waals surface area contributed by atoms with Gasteiger partial charge in [-0.15, -0.1) is 0 Å². The molecule has 2 aromatic carbocycles. The van der Waals surface area contributed by atoms with E-state index in [0.29, 0.717) is 0 Å². The molecule has 106 valence electrons. The van der Waals surface area contributed by atoms with Crippen LogP contribution in [0.3, 0.4) is 0 Å². The van der Waals surface area contributed by atoms with Gasteiger partial charge in [-0.25, -0.2) is 0 Å². The number of benzene rings is 2. The van der Waals surface area contributed by atoms with Crippen LogP contribution in [0.15, 0.2) is 42.5 Å². The summed E-state index contributed by atoms with van der Waals surface area (Å²) in [5, 5.41) is 5.57. The van der Waals surface area contributed by atoms with Crippen molar-refractivity contribution in [3.8, 4) is 0 Å². The molecule has 2 aromatic rings. The van der Waals surface area contributed by atoms with Gasteiger partial charge in [-0.3, -0.25) is 4.79 Å². The number of fused-ring (bicyclic) bond motifs is 1. The van der Waals surface area contributed by atoms with E-state index in [9.17, 15) is 4.79 Å². The summed E-state index contributed by atoms with van der Waals surface area (Å²) in [5.74, 6) is 0.286. The van der Waals surface area contributed by atoms with Crippen LogP contribution in [0.5, 0.6) is 0 Å². The Hall–Kier alpha value is -1.83. The standard InChI is InChI=1S/C18H23NO/c1-4-14(5-2)18(20)19-13(3)16-11-10-15-8-6-7-9-17(15)12-16/h6-14H,4-5H2,1-3H3,(H,19,20). The number of carbonyl (C=O) groups is 1. The van der Waals surface area contributed by atoms with Gasteiger partial charge in [0.2, 0.25) is 5.91 Å². The van der Waals surface area contributed by atoms with Crippen LogP contribution in [0.2, 0.25) is 0 Å². The molecule has 0 saturated heterocycles. The van der Waals surface area contributed by atoms with Crippen LogP contribution < -0.4 is 5.32 Å². The summed E-state index contributed by atoms with van der Waals surface area (Å²) in [6.45, 7) is 6.17. The summed E-state index contributed by atoms with van der Waals surface area (Å²) in [4.78, 5) is 12.1. The number of amides is 1. The maximum absolute atomic E-state index is 12.1. The van der Waals surface area contributed by atoms with Crippen molar-refractivity contribution < 1.29 is 4.79 Å². The van der Waals surface area contributed by atoms with E-state index in [2.05, 4.69) is 49.5 Å². The molecule has 0 bridgehead atoms. The molecule has 0 aromatic heterocycles. The van der Waals surface area contributed by atoms with Gasteiger partial charge in [-0.05, 0) is 42.2 Å². The summed E-state index contributed by atoms with van der Waals surface area (Å²) >= 11 is 0. The monoisotopic (exact) mass is 269 g/mol. The third kappa shape index (κ3) is 3.19. The molecule has 0 spiro atoms. The summed E-state index contributed by atoms with van der Waals surface area (Å²) in [6, 6.07) is 14.7. The zero-order valence-electron chi connectivity index (χ0n) is 12.5. The fraction of sp³-hybridized carbons (Fsp3) is 0.389. The molecule has 0 aliphatic heterocycles. The van der Waals surface area contributed by atoms with Gasteiger partial charge >= 0.3 is 0 Å². The quantitative estimate of drug-likeness (QED) is 0.853. The van der Waals surface area contributed by atoms with E-state index in [-0.39, 0.29) is 17.9 Å². The fourth-order valence-corrected chi connectivity index (χ4v) is 2.55. The first-order valence-corrected chi connectivity index (χ1v) is 7.44. The van der Waals surface area contributed by atoms with Crippen molar-refractivity contribution in [1.29, 1.82) is 0 Å². The first-order valence-electron chi connectivity index (χ1n) is 7.44. The first-order chi connectivity index (χ1) is 9.65. The molecule has 1 unspecified atom stereocenters. The third-order valence-corrected chi connectivity index (χ3v) is 3.99. The van der Waals surface area contributed by atoms with E-state index < -0.39 is 0 Å². The molecule has 0 aliphatic rings. The van der Waals surface area contributed by atoms with Crippen molar-refractivity contribution in [2.45, 2.75) is 39.7 Å². The van der Waals surface area contributed by atoms with Crippen molar-refractivity contribution in [3.63, 3.8) is 0 Å². The Bertz CT molecular complexity index is 587. The average Bonchev–Trinajstić information content (AvgIpc) is 2.48. The lowest BCUT2D eigenvalue weighted by Crippen LogP contribution is -2.32. The van der Waals surface area contributed by atoms with Crippen molar-refractivity contribution in [2.75, 3.05) is 0 Å². The van der Waals surface area contributed by atoms with Gasteiger partial charge in [0, 0.05) is 5.92 Å². The van der Waals surface area contributed by atoms with E-state index in [1.165, 1.54) is 10.8 Å². The molecule has 2 rings (SSSR count). The van der Waals surface area contributed by atoms with Crippen LogP contribution in [0, 0.1) is 5.92 Å².